The summed E-state index contributed by atoms with van der Waals surface area (Å²) >= 11 is 0. The summed E-state index contributed by atoms with van der Waals surface area (Å²) in [5, 5.41) is 8.60. The van der Waals surface area contributed by atoms with E-state index in [4.69, 9.17) is 14.7 Å². The Hall–Kier alpha value is -0.870. The number of carbonyl (C=O) groups excluding carboxylic acids is 1. The number of carboxylic acids is 1. The minimum absolute atomic E-state index is 0.00813. The zero-order chi connectivity index (χ0) is 14.3. The number of carboxylic acid groups (broad SMARTS) is 1. The van der Waals surface area contributed by atoms with Gasteiger partial charge in [-0.2, -0.15) is 0 Å². The first kappa shape index (κ1) is 17.1. The number of esters is 1. The van der Waals surface area contributed by atoms with E-state index in [1.807, 2.05) is 0 Å². The van der Waals surface area contributed by atoms with Crippen molar-refractivity contribution in [2.24, 2.45) is 5.92 Å². The van der Waals surface area contributed by atoms with Gasteiger partial charge in [-0.3, -0.25) is 14.2 Å². The Kier molecular flexibility index (Phi) is 7.18. The molecule has 0 fully saturated rings. The summed E-state index contributed by atoms with van der Waals surface area (Å²) < 4.78 is 15.8. The molecule has 0 heterocycles. The molecule has 0 aliphatic heterocycles. The van der Waals surface area contributed by atoms with Crippen LogP contribution in [-0.2, 0) is 18.9 Å². The minimum atomic E-state index is -2.65. The SMILES string of the molecule is CC(C)(C)OC(=O)C(CCC(=O)O)CC[PH](=O)O. The first-order valence-electron chi connectivity index (χ1n) is 5.78. The molecular weight excluding hydrogens is 259 g/mol. The highest BCUT2D eigenvalue weighted by atomic mass is 31.1. The van der Waals surface area contributed by atoms with Gasteiger partial charge in [0.05, 0.1) is 5.92 Å². The molecular formula is C11H21O6P. The fourth-order valence-corrected chi connectivity index (χ4v) is 1.96. The Bertz CT molecular complexity index is 302. The van der Waals surface area contributed by atoms with Gasteiger partial charge in [0.15, 0.2) is 8.03 Å². The Morgan fingerprint density at radius 2 is 1.83 bits per heavy atom. The van der Waals surface area contributed by atoms with E-state index in [1.165, 1.54) is 0 Å². The maximum Gasteiger partial charge on any atom is 0.309 e. The van der Waals surface area contributed by atoms with Crippen LogP contribution in [0.15, 0.2) is 0 Å². The van der Waals surface area contributed by atoms with E-state index in [9.17, 15) is 14.2 Å². The van der Waals surface area contributed by atoms with Gasteiger partial charge in [-0.15, -0.1) is 0 Å². The van der Waals surface area contributed by atoms with E-state index in [0.29, 0.717) is 0 Å². The minimum Gasteiger partial charge on any atom is -0.481 e. The summed E-state index contributed by atoms with van der Waals surface area (Å²) in [6, 6.07) is 0. The van der Waals surface area contributed by atoms with Crippen molar-refractivity contribution >= 4 is 20.0 Å². The van der Waals surface area contributed by atoms with Crippen molar-refractivity contribution in [1.82, 2.24) is 0 Å². The van der Waals surface area contributed by atoms with Gasteiger partial charge in [-0.1, -0.05) is 0 Å². The van der Waals surface area contributed by atoms with Crippen LogP contribution < -0.4 is 0 Å². The molecule has 2 atom stereocenters. The molecule has 18 heavy (non-hydrogen) atoms. The normalized spacial score (nSPS) is 14.9. The molecule has 106 valence electrons. The van der Waals surface area contributed by atoms with E-state index in [-0.39, 0.29) is 25.4 Å². The molecule has 0 spiro atoms. The predicted molar refractivity (Wildman–Crippen MR) is 66.9 cm³/mol. The molecule has 0 saturated carbocycles. The van der Waals surface area contributed by atoms with Gasteiger partial charge in [0.25, 0.3) is 0 Å². The van der Waals surface area contributed by atoms with Crippen molar-refractivity contribution in [3.05, 3.63) is 0 Å². The summed E-state index contributed by atoms with van der Waals surface area (Å²) in [4.78, 5) is 31.1. The summed E-state index contributed by atoms with van der Waals surface area (Å²) in [5.41, 5.74) is -0.650. The largest absolute Gasteiger partial charge is 0.481 e. The number of ether oxygens (including phenoxy) is 1. The van der Waals surface area contributed by atoms with Gasteiger partial charge < -0.3 is 14.7 Å². The summed E-state index contributed by atoms with van der Waals surface area (Å²) in [5.74, 6) is -2.14. The highest BCUT2D eigenvalue weighted by molar-refractivity contribution is 7.37. The molecule has 0 bridgehead atoms. The molecule has 0 aromatic heterocycles. The second-order valence-corrected chi connectivity index (χ2v) is 6.38. The number of hydrogen-bond donors (Lipinski definition) is 2. The van der Waals surface area contributed by atoms with Crippen molar-refractivity contribution in [2.75, 3.05) is 6.16 Å². The van der Waals surface area contributed by atoms with E-state index >= 15 is 0 Å². The Labute approximate surface area is 107 Å². The smallest absolute Gasteiger partial charge is 0.309 e. The molecule has 0 rings (SSSR count). The van der Waals surface area contributed by atoms with E-state index in [2.05, 4.69) is 0 Å². The molecule has 0 aromatic rings. The van der Waals surface area contributed by atoms with E-state index < -0.39 is 31.5 Å². The molecule has 0 aliphatic rings. The van der Waals surface area contributed by atoms with Gasteiger partial charge in [0.2, 0.25) is 0 Å². The van der Waals surface area contributed by atoms with Crippen LogP contribution in [0, 0.1) is 5.92 Å². The zero-order valence-electron chi connectivity index (χ0n) is 10.9. The van der Waals surface area contributed by atoms with E-state index in [0.717, 1.165) is 0 Å². The predicted octanol–water partition coefficient (Wildman–Crippen LogP) is 1.67. The topological polar surface area (TPSA) is 101 Å². The van der Waals surface area contributed by atoms with Crippen molar-refractivity contribution in [2.45, 2.75) is 45.6 Å². The standard InChI is InChI=1S/C11H21O6P/c1-11(2,3)17-10(14)8(4-5-9(12)13)6-7-18(15)16/h8,18H,4-7H2,1-3H3,(H,12,13)(H,15,16). The highest BCUT2D eigenvalue weighted by Gasteiger charge is 2.25. The number of rotatable bonds is 7. The van der Waals surface area contributed by atoms with Crippen LogP contribution in [0.1, 0.15) is 40.0 Å². The third-order valence-corrected chi connectivity index (χ3v) is 2.87. The van der Waals surface area contributed by atoms with Gasteiger partial charge in [-0.05, 0) is 33.6 Å². The van der Waals surface area contributed by atoms with Crippen LogP contribution in [0.4, 0.5) is 0 Å². The van der Waals surface area contributed by atoms with Crippen LogP contribution in [0.5, 0.6) is 0 Å². The third kappa shape index (κ3) is 9.19. The number of carbonyl (C=O) groups is 2. The van der Waals surface area contributed by atoms with Crippen molar-refractivity contribution < 1.29 is 28.9 Å². The Morgan fingerprint density at radius 1 is 1.28 bits per heavy atom. The van der Waals surface area contributed by atoms with Gasteiger partial charge in [0, 0.05) is 12.6 Å². The second kappa shape index (κ2) is 7.54. The lowest BCUT2D eigenvalue weighted by atomic mass is 10.00. The molecule has 2 unspecified atom stereocenters. The van der Waals surface area contributed by atoms with Crippen LogP contribution in [-0.4, -0.2) is 33.7 Å². The summed E-state index contributed by atoms with van der Waals surface area (Å²) in [6.07, 6.45) is 0.153. The average molecular weight is 280 g/mol. The van der Waals surface area contributed by atoms with Gasteiger partial charge in [0.1, 0.15) is 5.60 Å². The Balaban J connectivity index is 4.48. The first-order chi connectivity index (χ1) is 8.11. The Morgan fingerprint density at radius 3 is 2.22 bits per heavy atom. The van der Waals surface area contributed by atoms with Gasteiger partial charge in [-0.25, -0.2) is 0 Å². The van der Waals surface area contributed by atoms with Crippen molar-refractivity contribution in [1.29, 1.82) is 0 Å². The lowest BCUT2D eigenvalue weighted by molar-refractivity contribution is -0.160. The summed E-state index contributed by atoms with van der Waals surface area (Å²) in [6.45, 7) is 5.15. The zero-order valence-corrected chi connectivity index (χ0v) is 11.9. The molecule has 0 amide bonds. The quantitative estimate of drug-likeness (QED) is 0.543. The van der Waals surface area contributed by atoms with Crippen LogP contribution in [0.25, 0.3) is 0 Å². The first-order valence-corrected chi connectivity index (χ1v) is 7.34. The molecule has 0 aromatic carbocycles. The molecule has 6 nitrogen and oxygen atoms in total. The molecule has 7 heteroatoms. The molecule has 0 radical (unpaired) electrons. The van der Waals surface area contributed by atoms with Crippen LogP contribution in [0.3, 0.4) is 0 Å². The molecule has 2 N–H and O–H groups in total. The second-order valence-electron chi connectivity index (χ2n) is 5.10. The number of aliphatic carboxylic acids is 1. The van der Waals surface area contributed by atoms with Crippen LogP contribution >= 0.6 is 8.03 Å². The monoisotopic (exact) mass is 280 g/mol. The number of hydrogen-bond acceptors (Lipinski definition) is 4. The lowest BCUT2D eigenvalue weighted by Crippen LogP contribution is -2.29. The molecule has 0 saturated heterocycles. The average Bonchev–Trinajstić information content (AvgIpc) is 2.13. The van der Waals surface area contributed by atoms with Crippen LogP contribution in [0.2, 0.25) is 0 Å². The lowest BCUT2D eigenvalue weighted by Gasteiger charge is -2.23. The fourth-order valence-electron chi connectivity index (χ4n) is 1.36. The summed E-state index contributed by atoms with van der Waals surface area (Å²) in [7, 11) is -2.65. The maximum atomic E-state index is 11.8. The molecule has 0 aliphatic carbocycles. The maximum absolute atomic E-state index is 11.8. The fraction of sp³-hybridized carbons (Fsp3) is 0.818. The van der Waals surface area contributed by atoms with E-state index in [1.54, 1.807) is 20.8 Å². The third-order valence-electron chi connectivity index (χ3n) is 2.15. The highest BCUT2D eigenvalue weighted by Crippen LogP contribution is 2.23. The van der Waals surface area contributed by atoms with Crippen molar-refractivity contribution in [3.63, 3.8) is 0 Å². The van der Waals surface area contributed by atoms with Gasteiger partial charge >= 0.3 is 11.9 Å². The van der Waals surface area contributed by atoms with Crippen molar-refractivity contribution in [3.8, 4) is 0 Å².